The number of aromatic hydroxyl groups is 2. The molecule has 5 aromatic rings. The molecule has 0 aromatic heterocycles. The van der Waals surface area contributed by atoms with Crippen molar-refractivity contribution in [3.63, 3.8) is 0 Å². The molecule has 0 spiro atoms. The molecule has 4 aliphatic heterocycles. The third kappa shape index (κ3) is 7.54. The molecule has 0 radical (unpaired) electrons. The van der Waals surface area contributed by atoms with Crippen LogP contribution in [0.3, 0.4) is 0 Å². The highest BCUT2D eigenvalue weighted by molar-refractivity contribution is 5.61. The number of aliphatic hydroxyl groups excluding tert-OH is 4. The first-order valence-corrected chi connectivity index (χ1v) is 21.5. The van der Waals surface area contributed by atoms with Gasteiger partial charge in [-0.25, -0.2) is 0 Å². The van der Waals surface area contributed by atoms with Crippen molar-refractivity contribution >= 4 is 0 Å². The van der Waals surface area contributed by atoms with Gasteiger partial charge in [0.2, 0.25) is 0 Å². The predicted octanol–water partition coefficient (Wildman–Crippen LogP) is 6.31. The molecule has 4 aliphatic rings. The molecular weight excluding hydrogens is 841 g/mol. The fourth-order valence-corrected chi connectivity index (χ4v) is 10.2. The first-order valence-electron chi connectivity index (χ1n) is 21.5. The summed E-state index contributed by atoms with van der Waals surface area (Å²) >= 11 is 0. The van der Waals surface area contributed by atoms with Gasteiger partial charge in [-0.15, -0.1) is 0 Å². The maximum absolute atomic E-state index is 11.1. The van der Waals surface area contributed by atoms with Crippen molar-refractivity contribution in [3.8, 4) is 57.5 Å². The van der Waals surface area contributed by atoms with Gasteiger partial charge in [-0.3, -0.25) is 0 Å². The van der Waals surface area contributed by atoms with E-state index in [4.69, 9.17) is 42.6 Å². The highest BCUT2D eigenvalue weighted by Crippen LogP contribution is 2.58. The van der Waals surface area contributed by atoms with E-state index in [1.54, 1.807) is 31.4 Å². The van der Waals surface area contributed by atoms with E-state index in [2.05, 4.69) is 0 Å². The van der Waals surface area contributed by atoms with E-state index < -0.39 is 42.2 Å². The Kier molecular flexibility index (Phi) is 12.3. The zero-order valence-corrected chi connectivity index (χ0v) is 36.7. The van der Waals surface area contributed by atoms with Crippen LogP contribution in [0.5, 0.6) is 57.5 Å². The maximum atomic E-state index is 11.1. The van der Waals surface area contributed by atoms with Crippen LogP contribution in [0.4, 0.5) is 0 Å². The fraction of sp³-hybridized carbons (Fsp3) is 0.400. The van der Waals surface area contributed by atoms with Crippen molar-refractivity contribution in [1.82, 2.24) is 0 Å². The quantitative estimate of drug-likeness (QED) is 0.0682. The Morgan fingerprint density at radius 1 is 0.462 bits per heavy atom. The van der Waals surface area contributed by atoms with Crippen LogP contribution >= 0.6 is 0 Å². The Morgan fingerprint density at radius 3 is 1.29 bits per heavy atom. The predicted molar refractivity (Wildman–Crippen MR) is 234 cm³/mol. The lowest BCUT2D eigenvalue weighted by molar-refractivity contribution is 0.0716. The summed E-state index contributed by atoms with van der Waals surface area (Å²) in [5.41, 5.74) is 5.88. The topological polar surface area (TPSA) is 204 Å². The number of aliphatic hydroxyl groups is 4. The van der Waals surface area contributed by atoms with Crippen molar-refractivity contribution in [1.29, 1.82) is 0 Å². The van der Waals surface area contributed by atoms with Crippen LogP contribution in [0.25, 0.3) is 0 Å². The fourth-order valence-electron chi connectivity index (χ4n) is 10.2. The molecule has 9 atom stereocenters. The molecule has 0 unspecified atom stereocenters. The number of hydrogen-bond acceptors (Lipinski definition) is 15. The van der Waals surface area contributed by atoms with Gasteiger partial charge in [-0.05, 0) is 101 Å². The molecule has 0 amide bonds. The van der Waals surface area contributed by atoms with E-state index in [1.807, 2.05) is 42.5 Å². The Labute approximate surface area is 376 Å². The van der Waals surface area contributed by atoms with Gasteiger partial charge < -0.3 is 73.3 Å². The summed E-state index contributed by atoms with van der Waals surface area (Å²) < 4.78 is 54.6. The van der Waals surface area contributed by atoms with Gasteiger partial charge in [0.1, 0.15) is 18.3 Å². The molecule has 344 valence electrons. The second kappa shape index (κ2) is 18.1. The van der Waals surface area contributed by atoms with Crippen molar-refractivity contribution in [2.45, 2.75) is 48.6 Å². The van der Waals surface area contributed by atoms with Crippen LogP contribution in [0.2, 0.25) is 0 Å². The first-order chi connectivity index (χ1) is 31.6. The summed E-state index contributed by atoms with van der Waals surface area (Å²) in [4.78, 5) is 0. The molecule has 15 heteroatoms. The number of benzene rings is 5. The Bertz CT molecular complexity index is 2560. The lowest BCUT2D eigenvalue weighted by Gasteiger charge is -2.23. The SMILES string of the molecule is COc1cc(C[C@@H]2CO[C@@H](c3cc(OC)c4c(c3)[C@H](CO)[C@@H](c3cc(OC)c5c(c3)[C@H](CO)[C@@H](c3cc(OC)c6c(c3)[C@@H](CO)[C@H](c3ccc(O)c(OC)c3)O6)O5)O4)[C@@H]2CO)ccc1O. The standard InChI is InChI=1S/C50H54O15/c1-57-39-11-24(6-8-37(39)55)10-29-23-62-44(33(29)19-51)26-12-30-35(21-53)46(64-49(30)41(16-26)59-3)28-14-32-36(22-54)47(65-50(32)43(18-28)61-5)27-13-31-34(20-52)45(63-48(31)42(17-27)60-4)25-7-9-38(56)40(15-25)58-2/h6-9,11-18,29,33-36,44-47,51-56H,10,19-23H2,1-5H3/t29-,33-,34-,35+,36+,44+,45+,46-,47-/m1/s1. The van der Waals surface area contributed by atoms with Crippen molar-refractivity contribution in [2.75, 3.05) is 68.6 Å². The van der Waals surface area contributed by atoms with E-state index in [9.17, 15) is 30.6 Å². The van der Waals surface area contributed by atoms with E-state index in [0.29, 0.717) is 81.1 Å². The van der Waals surface area contributed by atoms with Gasteiger partial charge in [-0.1, -0.05) is 12.1 Å². The zero-order valence-electron chi connectivity index (χ0n) is 36.7. The monoisotopic (exact) mass is 894 g/mol. The molecule has 0 saturated carbocycles. The van der Waals surface area contributed by atoms with Crippen LogP contribution in [0.1, 0.15) is 86.7 Å². The second-order valence-electron chi connectivity index (χ2n) is 16.9. The Morgan fingerprint density at radius 2 is 0.862 bits per heavy atom. The minimum absolute atomic E-state index is 0.0187. The van der Waals surface area contributed by atoms with Crippen molar-refractivity contribution < 1.29 is 73.3 Å². The third-order valence-corrected chi connectivity index (χ3v) is 13.6. The van der Waals surface area contributed by atoms with Gasteiger partial charge in [0, 0.05) is 29.2 Å². The number of hydrogen-bond donors (Lipinski definition) is 6. The second-order valence-corrected chi connectivity index (χ2v) is 16.9. The summed E-state index contributed by atoms with van der Waals surface area (Å²) in [6.07, 6.45) is -1.88. The van der Waals surface area contributed by atoms with Crippen LogP contribution in [0, 0.1) is 11.8 Å². The molecule has 65 heavy (non-hydrogen) atoms. The molecule has 6 N–H and O–H groups in total. The van der Waals surface area contributed by atoms with E-state index in [0.717, 1.165) is 16.7 Å². The summed E-state index contributed by atoms with van der Waals surface area (Å²) in [5, 5.41) is 64.0. The van der Waals surface area contributed by atoms with Crippen LogP contribution in [0.15, 0.2) is 72.8 Å². The normalized spacial score (nSPS) is 24.9. The number of ether oxygens (including phenoxy) is 9. The molecule has 9 rings (SSSR count). The van der Waals surface area contributed by atoms with Gasteiger partial charge in [-0.2, -0.15) is 0 Å². The third-order valence-electron chi connectivity index (χ3n) is 13.6. The average molecular weight is 895 g/mol. The lowest BCUT2D eigenvalue weighted by atomic mass is 9.82. The maximum Gasteiger partial charge on any atom is 0.165 e. The van der Waals surface area contributed by atoms with E-state index in [1.165, 1.54) is 34.5 Å². The van der Waals surface area contributed by atoms with E-state index in [-0.39, 0.29) is 55.5 Å². The molecule has 0 bridgehead atoms. The molecule has 0 aliphatic carbocycles. The Balaban J connectivity index is 1.01. The average Bonchev–Trinajstić information content (AvgIpc) is 4.12. The summed E-state index contributed by atoms with van der Waals surface area (Å²) in [5.74, 6) is 1.47. The number of methoxy groups -OCH3 is 5. The van der Waals surface area contributed by atoms with Gasteiger partial charge in [0.05, 0.1) is 85.8 Å². The van der Waals surface area contributed by atoms with Crippen LogP contribution < -0.4 is 37.9 Å². The van der Waals surface area contributed by atoms with Gasteiger partial charge in [0.25, 0.3) is 0 Å². The molecule has 4 heterocycles. The van der Waals surface area contributed by atoms with Crippen molar-refractivity contribution in [3.05, 3.63) is 117 Å². The Hall–Kier alpha value is -6.10. The zero-order chi connectivity index (χ0) is 45.7. The highest BCUT2D eigenvalue weighted by atomic mass is 16.5. The lowest BCUT2D eigenvalue weighted by Crippen LogP contribution is -2.21. The van der Waals surface area contributed by atoms with Gasteiger partial charge >= 0.3 is 0 Å². The minimum atomic E-state index is -0.700. The largest absolute Gasteiger partial charge is 0.504 e. The van der Waals surface area contributed by atoms with Crippen LogP contribution in [-0.4, -0.2) is 99.2 Å². The molecule has 1 saturated heterocycles. The summed E-state index contributed by atoms with van der Waals surface area (Å²) in [7, 11) is 7.60. The number of rotatable bonds is 15. The highest BCUT2D eigenvalue weighted by Gasteiger charge is 2.46. The van der Waals surface area contributed by atoms with Gasteiger partial charge in [0.15, 0.2) is 57.5 Å². The molecule has 15 nitrogen and oxygen atoms in total. The number of phenolic OH excluding ortho intramolecular Hbond substituents is 2. The smallest absolute Gasteiger partial charge is 0.165 e. The van der Waals surface area contributed by atoms with Crippen molar-refractivity contribution in [2.24, 2.45) is 11.8 Å². The number of phenols is 2. The van der Waals surface area contributed by atoms with Crippen LogP contribution in [-0.2, 0) is 11.2 Å². The minimum Gasteiger partial charge on any atom is -0.504 e. The first kappa shape index (κ1) is 44.1. The van der Waals surface area contributed by atoms with E-state index >= 15 is 0 Å². The molecular formula is C50H54O15. The molecule has 1 fully saturated rings. The summed E-state index contributed by atoms with van der Waals surface area (Å²) in [6.45, 7) is -0.543. The number of fused-ring (bicyclic) bond motifs is 3. The molecule has 5 aromatic carbocycles. The summed E-state index contributed by atoms with van der Waals surface area (Å²) in [6, 6.07) is 21.4.